The highest BCUT2D eigenvalue weighted by atomic mass is 32.1. The Hall–Kier alpha value is -6.54. The predicted octanol–water partition coefficient (Wildman–Crippen LogP) is 13.1. The maximum Gasteiger partial charge on any atom is 0.167 e. The number of hydrogen-bond donors (Lipinski definition) is 0. The summed E-state index contributed by atoms with van der Waals surface area (Å²) in [7, 11) is 0. The molecule has 5 nitrogen and oxygen atoms in total. The molecule has 0 amide bonds. The molecule has 0 saturated carbocycles. The minimum Gasteiger partial charge on any atom is -0.455 e. The minimum absolute atomic E-state index is 0.573. The number of hydrogen-bond acceptors (Lipinski definition) is 7. The summed E-state index contributed by atoms with van der Waals surface area (Å²) in [4.78, 5) is 20.3. The van der Waals surface area contributed by atoms with Gasteiger partial charge in [0.15, 0.2) is 17.5 Å². The van der Waals surface area contributed by atoms with Crippen LogP contribution < -0.4 is 0 Å². The highest BCUT2D eigenvalue weighted by Crippen LogP contribution is 2.42. The number of aromatic nitrogens is 4. The van der Waals surface area contributed by atoms with Gasteiger partial charge in [0.2, 0.25) is 0 Å². The number of nitrogens with zero attached hydrogens (tertiary/aromatic N) is 4. The molecule has 7 heteroatoms. The second kappa shape index (κ2) is 12.0. The van der Waals surface area contributed by atoms with Gasteiger partial charge in [0, 0.05) is 47.6 Å². The van der Waals surface area contributed by atoms with Crippen LogP contribution in [0.4, 0.5) is 0 Å². The molecule has 11 rings (SSSR count). The fourth-order valence-electron chi connectivity index (χ4n) is 7.25. The molecule has 0 N–H and O–H groups in total. The molecule has 11 aromatic rings. The molecular weight excluding hydrogens is 689 g/mol. The van der Waals surface area contributed by atoms with E-state index >= 15 is 0 Å². The van der Waals surface area contributed by atoms with Crippen molar-refractivity contribution in [3.05, 3.63) is 158 Å². The Morgan fingerprint density at radius 1 is 0.396 bits per heavy atom. The second-order valence-corrected chi connectivity index (χ2v) is 15.1. The van der Waals surface area contributed by atoms with Gasteiger partial charge in [-0.25, -0.2) is 19.9 Å². The molecule has 4 heterocycles. The predicted molar refractivity (Wildman–Crippen MR) is 220 cm³/mol. The van der Waals surface area contributed by atoms with Crippen molar-refractivity contribution in [3.63, 3.8) is 0 Å². The lowest BCUT2D eigenvalue weighted by atomic mass is 9.99. The van der Waals surface area contributed by atoms with Gasteiger partial charge in [-0.1, -0.05) is 115 Å². The standard InChI is InChI=1S/C46H26N4OS2/c1-2-10-28(11-3-1)43-48-44(50-45(49-43)34-15-8-13-32-31-12-4-6-17-37(31)51-42(32)34)33-14-9-19-40-41(33)35-26-30(24-25-38(35)52-40)27-20-22-29(23-21-27)46-47-36-16-5-7-18-39(36)53-46/h1-26H. The molecule has 0 unspecified atom stereocenters. The Morgan fingerprint density at radius 3 is 1.96 bits per heavy atom. The monoisotopic (exact) mass is 714 g/mol. The number of furan rings is 1. The fourth-order valence-corrected chi connectivity index (χ4v) is 9.33. The summed E-state index contributed by atoms with van der Waals surface area (Å²) in [6, 6.07) is 54.6. The van der Waals surface area contributed by atoms with Crippen LogP contribution in [0.5, 0.6) is 0 Å². The summed E-state index contributed by atoms with van der Waals surface area (Å²) in [5, 5.41) is 5.45. The molecule has 0 bridgehead atoms. The third-order valence-corrected chi connectivity index (χ3v) is 12.0. The molecule has 4 aromatic heterocycles. The first-order valence-corrected chi connectivity index (χ1v) is 19.0. The maximum atomic E-state index is 6.44. The first-order chi connectivity index (χ1) is 26.2. The van der Waals surface area contributed by atoms with Crippen LogP contribution in [-0.4, -0.2) is 19.9 Å². The van der Waals surface area contributed by atoms with Crippen LogP contribution in [0.2, 0.25) is 0 Å². The number of fused-ring (bicyclic) bond motifs is 7. The molecule has 53 heavy (non-hydrogen) atoms. The van der Waals surface area contributed by atoms with Crippen molar-refractivity contribution in [2.75, 3.05) is 0 Å². The molecule has 0 atom stereocenters. The quantitative estimate of drug-likeness (QED) is 0.178. The Labute approximate surface area is 311 Å². The Kier molecular flexibility index (Phi) is 6.83. The largest absolute Gasteiger partial charge is 0.455 e. The molecule has 0 spiro atoms. The van der Waals surface area contributed by atoms with Gasteiger partial charge in [-0.3, -0.25) is 0 Å². The first kappa shape index (κ1) is 30.1. The zero-order chi connectivity index (χ0) is 34.9. The van der Waals surface area contributed by atoms with Crippen molar-refractivity contribution in [2.24, 2.45) is 0 Å². The van der Waals surface area contributed by atoms with Crippen molar-refractivity contribution >= 4 is 75.0 Å². The first-order valence-electron chi connectivity index (χ1n) is 17.4. The van der Waals surface area contributed by atoms with Crippen molar-refractivity contribution in [1.29, 1.82) is 0 Å². The number of benzene rings is 7. The van der Waals surface area contributed by atoms with E-state index in [0.717, 1.165) is 71.2 Å². The van der Waals surface area contributed by atoms with E-state index in [1.54, 1.807) is 22.7 Å². The summed E-state index contributed by atoms with van der Waals surface area (Å²) in [6.07, 6.45) is 0. The van der Waals surface area contributed by atoms with Crippen molar-refractivity contribution in [2.45, 2.75) is 0 Å². The number of para-hydroxylation sites is 3. The zero-order valence-electron chi connectivity index (χ0n) is 28.0. The molecule has 0 aliphatic rings. The molecule has 0 aliphatic carbocycles. The molecule has 0 saturated heterocycles. The Morgan fingerprint density at radius 2 is 1.08 bits per heavy atom. The molecule has 248 valence electrons. The molecular formula is C46H26N4OS2. The highest BCUT2D eigenvalue weighted by Gasteiger charge is 2.20. The fraction of sp³-hybridized carbons (Fsp3) is 0. The van der Waals surface area contributed by atoms with Crippen molar-refractivity contribution in [1.82, 2.24) is 19.9 Å². The summed E-state index contributed by atoms with van der Waals surface area (Å²) < 4.78 is 10.0. The normalized spacial score (nSPS) is 11.8. The summed E-state index contributed by atoms with van der Waals surface area (Å²) in [5.41, 5.74) is 8.79. The summed E-state index contributed by atoms with van der Waals surface area (Å²) in [6.45, 7) is 0. The molecule has 0 aliphatic heterocycles. The second-order valence-electron chi connectivity index (χ2n) is 13.0. The summed E-state index contributed by atoms with van der Waals surface area (Å²) >= 11 is 3.51. The zero-order valence-corrected chi connectivity index (χ0v) is 29.7. The van der Waals surface area contributed by atoms with Gasteiger partial charge in [-0.05, 0) is 53.6 Å². The van der Waals surface area contributed by atoms with Crippen LogP contribution in [-0.2, 0) is 0 Å². The average Bonchev–Trinajstić information content (AvgIpc) is 3.94. The topological polar surface area (TPSA) is 64.7 Å². The van der Waals surface area contributed by atoms with E-state index in [1.165, 1.54) is 19.5 Å². The summed E-state index contributed by atoms with van der Waals surface area (Å²) in [5.74, 6) is 1.81. The van der Waals surface area contributed by atoms with Gasteiger partial charge in [0.05, 0.1) is 15.8 Å². The Bertz CT molecular complexity index is 3150. The van der Waals surface area contributed by atoms with E-state index in [0.29, 0.717) is 17.5 Å². The van der Waals surface area contributed by atoms with E-state index in [-0.39, 0.29) is 0 Å². The van der Waals surface area contributed by atoms with Crippen LogP contribution in [0, 0.1) is 0 Å². The van der Waals surface area contributed by atoms with Crippen molar-refractivity contribution in [3.8, 4) is 55.9 Å². The van der Waals surface area contributed by atoms with Gasteiger partial charge in [-0.2, -0.15) is 0 Å². The molecule has 7 aromatic carbocycles. The van der Waals surface area contributed by atoms with Crippen LogP contribution in [0.1, 0.15) is 0 Å². The van der Waals surface area contributed by atoms with Crippen molar-refractivity contribution < 1.29 is 4.42 Å². The lowest BCUT2D eigenvalue weighted by Crippen LogP contribution is -2.00. The number of thiophene rings is 1. The lowest BCUT2D eigenvalue weighted by molar-refractivity contribution is 0.669. The van der Waals surface area contributed by atoms with Gasteiger partial charge in [0.1, 0.15) is 16.2 Å². The molecule has 0 radical (unpaired) electrons. The van der Waals surface area contributed by atoms with Gasteiger partial charge >= 0.3 is 0 Å². The van der Waals surface area contributed by atoms with Crippen LogP contribution in [0.25, 0.3) is 108 Å². The number of rotatable bonds is 5. The lowest BCUT2D eigenvalue weighted by Gasteiger charge is -2.10. The van der Waals surface area contributed by atoms with E-state index in [9.17, 15) is 0 Å². The number of thiazole rings is 1. The van der Waals surface area contributed by atoms with E-state index in [2.05, 4.69) is 91.0 Å². The molecule has 0 fully saturated rings. The van der Waals surface area contributed by atoms with Crippen LogP contribution in [0.3, 0.4) is 0 Å². The van der Waals surface area contributed by atoms with Crippen LogP contribution >= 0.6 is 22.7 Å². The van der Waals surface area contributed by atoms with Gasteiger partial charge in [-0.15, -0.1) is 22.7 Å². The van der Waals surface area contributed by atoms with Gasteiger partial charge in [0.25, 0.3) is 0 Å². The van der Waals surface area contributed by atoms with E-state index in [4.69, 9.17) is 24.4 Å². The van der Waals surface area contributed by atoms with E-state index in [1.807, 2.05) is 66.7 Å². The minimum atomic E-state index is 0.573. The third kappa shape index (κ3) is 5.04. The maximum absolute atomic E-state index is 6.44. The van der Waals surface area contributed by atoms with E-state index < -0.39 is 0 Å². The Balaban J connectivity index is 1.07. The SMILES string of the molecule is c1ccc(-c2nc(-c3cccc4c3oc3ccccc34)nc(-c3cccc4sc5ccc(-c6ccc(-c7nc8ccccc8s7)cc6)cc5c34)n2)cc1. The van der Waals surface area contributed by atoms with Gasteiger partial charge < -0.3 is 4.42 Å². The third-order valence-electron chi connectivity index (χ3n) is 9.81. The highest BCUT2D eigenvalue weighted by molar-refractivity contribution is 7.26. The smallest absolute Gasteiger partial charge is 0.167 e. The average molecular weight is 715 g/mol. The van der Waals surface area contributed by atoms with Crippen LogP contribution in [0.15, 0.2) is 162 Å².